The molecule has 2 aliphatic carbocycles. The van der Waals surface area contributed by atoms with Crippen molar-refractivity contribution in [3.8, 4) is 0 Å². The zero-order valence-electron chi connectivity index (χ0n) is 14.9. The van der Waals surface area contributed by atoms with Gasteiger partial charge < -0.3 is 15.1 Å². The molecular formula is C20H27N3O2. The van der Waals surface area contributed by atoms with Gasteiger partial charge in [-0.1, -0.05) is 6.92 Å². The van der Waals surface area contributed by atoms with Gasteiger partial charge in [-0.05, 0) is 55.9 Å². The van der Waals surface area contributed by atoms with Crippen LogP contribution >= 0.6 is 0 Å². The minimum atomic E-state index is 0.108. The lowest BCUT2D eigenvalue weighted by molar-refractivity contribution is -0.132. The van der Waals surface area contributed by atoms with Gasteiger partial charge in [-0.2, -0.15) is 0 Å². The molecule has 0 aromatic heterocycles. The molecule has 0 bridgehead atoms. The fourth-order valence-electron chi connectivity index (χ4n) is 3.60. The third-order valence-corrected chi connectivity index (χ3v) is 5.76. The molecule has 0 spiro atoms. The van der Waals surface area contributed by atoms with Crippen LogP contribution in [0.5, 0.6) is 0 Å². The maximum absolute atomic E-state index is 12.2. The zero-order chi connectivity index (χ0) is 17.4. The van der Waals surface area contributed by atoms with Gasteiger partial charge in [0.05, 0.1) is 0 Å². The smallest absolute Gasteiger partial charge is 0.227 e. The molecule has 3 aliphatic rings. The lowest BCUT2D eigenvalue weighted by Gasteiger charge is -2.36. The number of carbonyl (C=O) groups is 2. The van der Waals surface area contributed by atoms with Crippen LogP contribution in [0.2, 0.25) is 0 Å². The monoisotopic (exact) mass is 341 g/mol. The molecule has 1 heterocycles. The van der Waals surface area contributed by atoms with Crippen LogP contribution in [-0.2, 0) is 9.59 Å². The van der Waals surface area contributed by atoms with Crippen LogP contribution in [0.3, 0.4) is 0 Å². The first-order valence-electron chi connectivity index (χ1n) is 9.56. The van der Waals surface area contributed by atoms with Crippen molar-refractivity contribution in [1.29, 1.82) is 0 Å². The van der Waals surface area contributed by atoms with Crippen molar-refractivity contribution in [2.45, 2.75) is 32.6 Å². The largest absolute Gasteiger partial charge is 0.368 e. The van der Waals surface area contributed by atoms with Gasteiger partial charge in [-0.3, -0.25) is 9.59 Å². The van der Waals surface area contributed by atoms with Crippen molar-refractivity contribution in [2.75, 3.05) is 36.4 Å². The first-order valence-corrected chi connectivity index (χ1v) is 9.56. The quantitative estimate of drug-likeness (QED) is 0.896. The van der Waals surface area contributed by atoms with Gasteiger partial charge in [-0.15, -0.1) is 0 Å². The third-order valence-electron chi connectivity index (χ3n) is 5.76. The van der Waals surface area contributed by atoms with Gasteiger partial charge in [0.25, 0.3) is 0 Å². The molecular weight excluding hydrogens is 314 g/mol. The number of rotatable bonds is 5. The van der Waals surface area contributed by atoms with E-state index in [1.54, 1.807) is 0 Å². The summed E-state index contributed by atoms with van der Waals surface area (Å²) in [7, 11) is 0. The van der Waals surface area contributed by atoms with Crippen LogP contribution in [0.15, 0.2) is 24.3 Å². The summed E-state index contributed by atoms with van der Waals surface area (Å²) in [5.74, 6) is 1.48. The number of nitrogens with zero attached hydrogens (tertiary/aromatic N) is 2. The number of amides is 2. The van der Waals surface area contributed by atoms with Crippen molar-refractivity contribution in [1.82, 2.24) is 4.90 Å². The molecule has 1 N–H and O–H groups in total. The van der Waals surface area contributed by atoms with Gasteiger partial charge in [-0.25, -0.2) is 0 Å². The summed E-state index contributed by atoms with van der Waals surface area (Å²) < 4.78 is 0. The molecule has 1 atom stereocenters. The third kappa shape index (κ3) is 3.80. The minimum Gasteiger partial charge on any atom is -0.368 e. The Labute approximate surface area is 149 Å². The average Bonchev–Trinajstić information content (AvgIpc) is 3.53. The number of hydrogen-bond donors (Lipinski definition) is 1. The predicted octanol–water partition coefficient (Wildman–Crippen LogP) is 2.73. The molecule has 1 aliphatic heterocycles. The van der Waals surface area contributed by atoms with E-state index < -0.39 is 0 Å². The predicted molar refractivity (Wildman–Crippen MR) is 98.5 cm³/mol. The Morgan fingerprint density at radius 2 is 1.64 bits per heavy atom. The molecule has 4 rings (SSSR count). The number of carbonyl (C=O) groups excluding carboxylic acids is 2. The van der Waals surface area contributed by atoms with E-state index in [1.807, 2.05) is 24.0 Å². The Morgan fingerprint density at radius 1 is 1.00 bits per heavy atom. The van der Waals surface area contributed by atoms with Crippen molar-refractivity contribution in [3.63, 3.8) is 0 Å². The van der Waals surface area contributed by atoms with E-state index in [9.17, 15) is 9.59 Å². The number of piperazine rings is 1. The van der Waals surface area contributed by atoms with Crippen molar-refractivity contribution in [3.05, 3.63) is 24.3 Å². The van der Waals surface area contributed by atoms with Crippen LogP contribution < -0.4 is 10.2 Å². The molecule has 5 nitrogen and oxygen atoms in total. The zero-order valence-corrected chi connectivity index (χ0v) is 14.9. The van der Waals surface area contributed by atoms with Gasteiger partial charge in [0.1, 0.15) is 0 Å². The molecule has 1 unspecified atom stereocenters. The molecule has 25 heavy (non-hydrogen) atoms. The fraction of sp³-hybridized carbons (Fsp3) is 0.600. The Hall–Kier alpha value is -2.04. The molecule has 134 valence electrons. The van der Waals surface area contributed by atoms with Crippen molar-refractivity contribution >= 4 is 23.2 Å². The molecule has 0 radical (unpaired) electrons. The standard InChI is InChI=1S/C20H27N3O2/c1-14(15-2-3-15)19(24)21-17-6-8-18(9-7-17)22-10-12-23(13-11-22)20(25)16-4-5-16/h6-9,14-16H,2-5,10-13H2,1H3,(H,21,24). The highest BCUT2D eigenvalue weighted by molar-refractivity contribution is 5.92. The first-order chi connectivity index (χ1) is 12.1. The van der Waals surface area contributed by atoms with Crippen LogP contribution in [0.25, 0.3) is 0 Å². The normalized spacial score (nSPS) is 21.8. The lowest BCUT2D eigenvalue weighted by atomic mass is 10.1. The Balaban J connectivity index is 1.30. The second-order valence-corrected chi connectivity index (χ2v) is 7.75. The Kier molecular flexibility index (Phi) is 4.40. The second-order valence-electron chi connectivity index (χ2n) is 7.75. The van der Waals surface area contributed by atoms with Gasteiger partial charge >= 0.3 is 0 Å². The molecule has 5 heteroatoms. The van der Waals surface area contributed by atoms with Crippen LogP contribution in [0, 0.1) is 17.8 Å². The lowest BCUT2D eigenvalue weighted by Crippen LogP contribution is -2.49. The molecule has 3 fully saturated rings. The highest BCUT2D eigenvalue weighted by Crippen LogP contribution is 2.37. The van der Waals surface area contributed by atoms with E-state index >= 15 is 0 Å². The summed E-state index contributed by atoms with van der Waals surface area (Å²) in [6.07, 6.45) is 4.52. The first kappa shape index (κ1) is 16.4. The molecule has 2 saturated carbocycles. The maximum atomic E-state index is 12.2. The maximum Gasteiger partial charge on any atom is 0.227 e. The summed E-state index contributed by atoms with van der Waals surface area (Å²) in [4.78, 5) is 28.6. The van der Waals surface area contributed by atoms with Crippen molar-refractivity contribution < 1.29 is 9.59 Å². The van der Waals surface area contributed by atoms with Crippen LogP contribution in [-0.4, -0.2) is 42.9 Å². The summed E-state index contributed by atoms with van der Waals surface area (Å²) in [5, 5.41) is 3.02. The van der Waals surface area contributed by atoms with E-state index in [1.165, 1.54) is 12.8 Å². The number of benzene rings is 1. The Morgan fingerprint density at radius 3 is 2.20 bits per heavy atom. The molecule has 1 saturated heterocycles. The van der Waals surface area contributed by atoms with E-state index in [2.05, 4.69) is 22.3 Å². The highest BCUT2D eigenvalue weighted by atomic mass is 16.2. The van der Waals surface area contributed by atoms with Gasteiger partial charge in [0.15, 0.2) is 0 Å². The summed E-state index contributed by atoms with van der Waals surface area (Å²) in [6, 6.07) is 8.09. The summed E-state index contributed by atoms with van der Waals surface area (Å²) >= 11 is 0. The van der Waals surface area contributed by atoms with E-state index in [-0.39, 0.29) is 11.8 Å². The number of hydrogen-bond acceptors (Lipinski definition) is 3. The van der Waals surface area contributed by atoms with Crippen LogP contribution in [0.4, 0.5) is 11.4 Å². The van der Waals surface area contributed by atoms with Gasteiger partial charge in [0, 0.05) is 49.4 Å². The van der Waals surface area contributed by atoms with E-state index in [4.69, 9.17) is 0 Å². The SMILES string of the molecule is CC(C(=O)Nc1ccc(N2CCN(C(=O)C3CC3)CC2)cc1)C1CC1. The van der Waals surface area contributed by atoms with Gasteiger partial charge in [0.2, 0.25) is 11.8 Å². The molecule has 1 aromatic rings. The van der Waals surface area contributed by atoms with Crippen molar-refractivity contribution in [2.24, 2.45) is 17.8 Å². The fourth-order valence-corrected chi connectivity index (χ4v) is 3.60. The second kappa shape index (κ2) is 6.70. The highest BCUT2D eigenvalue weighted by Gasteiger charge is 2.35. The van der Waals surface area contributed by atoms with E-state index in [0.29, 0.717) is 17.7 Å². The minimum absolute atomic E-state index is 0.108. The topological polar surface area (TPSA) is 52.7 Å². The Bertz CT molecular complexity index is 641. The average molecular weight is 341 g/mol. The molecule has 1 aromatic carbocycles. The number of nitrogens with one attached hydrogen (secondary N) is 1. The van der Waals surface area contributed by atoms with Crippen LogP contribution in [0.1, 0.15) is 32.6 Å². The number of anilines is 2. The summed E-state index contributed by atoms with van der Waals surface area (Å²) in [5.41, 5.74) is 2.02. The summed E-state index contributed by atoms with van der Waals surface area (Å²) in [6.45, 7) is 5.40. The molecule has 2 amide bonds. The van der Waals surface area contributed by atoms with E-state index in [0.717, 1.165) is 50.4 Å².